The van der Waals surface area contributed by atoms with Crippen LogP contribution in [-0.4, -0.2) is 26.4 Å². The van der Waals surface area contributed by atoms with Gasteiger partial charge in [-0.2, -0.15) is 0 Å². The van der Waals surface area contributed by atoms with E-state index in [9.17, 15) is 4.79 Å². The fraction of sp³-hybridized carbons (Fsp3) is 0.333. The highest BCUT2D eigenvalue weighted by atomic mass is 16.1. The lowest BCUT2D eigenvalue weighted by Gasteiger charge is -2.20. The minimum absolute atomic E-state index is 0.161. The number of hydrogen-bond donors (Lipinski definition) is 2. The molecule has 0 spiro atoms. The zero-order chi connectivity index (χ0) is 15.3. The summed E-state index contributed by atoms with van der Waals surface area (Å²) in [5.74, 6) is 0.213. The summed E-state index contributed by atoms with van der Waals surface area (Å²) >= 11 is 0. The van der Waals surface area contributed by atoms with Crippen LogP contribution in [0, 0.1) is 0 Å². The van der Waals surface area contributed by atoms with Gasteiger partial charge in [0.15, 0.2) is 0 Å². The van der Waals surface area contributed by atoms with E-state index in [0.717, 1.165) is 5.56 Å². The predicted molar refractivity (Wildman–Crippen MR) is 80.8 cm³/mol. The van der Waals surface area contributed by atoms with Crippen molar-refractivity contribution < 1.29 is 4.79 Å². The summed E-state index contributed by atoms with van der Waals surface area (Å²) in [6.45, 7) is 6.46. The topological polar surface area (TPSA) is 79.8 Å². The van der Waals surface area contributed by atoms with Gasteiger partial charge in [0.1, 0.15) is 5.69 Å². The molecular formula is C15H19N5O. The van der Waals surface area contributed by atoms with E-state index in [0.29, 0.717) is 18.2 Å². The van der Waals surface area contributed by atoms with Crippen LogP contribution in [0.15, 0.2) is 36.8 Å². The Morgan fingerprint density at radius 1 is 1.14 bits per heavy atom. The van der Waals surface area contributed by atoms with Crippen molar-refractivity contribution in [1.29, 1.82) is 0 Å². The molecule has 1 amide bonds. The second-order valence-electron chi connectivity index (χ2n) is 5.68. The molecule has 0 aliphatic rings. The number of pyridine rings is 1. The number of nitrogens with zero attached hydrogens (tertiary/aromatic N) is 3. The summed E-state index contributed by atoms with van der Waals surface area (Å²) < 4.78 is 0. The second kappa shape index (κ2) is 6.30. The molecule has 6 heteroatoms. The maximum atomic E-state index is 12.1. The first kappa shape index (κ1) is 14.9. The Labute approximate surface area is 124 Å². The molecule has 6 nitrogen and oxygen atoms in total. The van der Waals surface area contributed by atoms with Crippen LogP contribution in [-0.2, 0) is 6.54 Å². The third kappa shape index (κ3) is 4.83. The molecule has 0 saturated carbocycles. The van der Waals surface area contributed by atoms with Gasteiger partial charge in [0.05, 0.1) is 0 Å². The molecule has 110 valence electrons. The van der Waals surface area contributed by atoms with Crippen molar-refractivity contribution in [3.8, 4) is 0 Å². The molecule has 0 radical (unpaired) electrons. The molecule has 2 aromatic rings. The summed E-state index contributed by atoms with van der Waals surface area (Å²) in [7, 11) is 0. The van der Waals surface area contributed by atoms with Crippen LogP contribution in [0.4, 0.5) is 5.95 Å². The van der Waals surface area contributed by atoms with Crippen LogP contribution in [0.1, 0.15) is 36.8 Å². The van der Waals surface area contributed by atoms with Crippen molar-refractivity contribution in [2.45, 2.75) is 32.9 Å². The summed E-state index contributed by atoms with van der Waals surface area (Å²) in [6, 6.07) is 5.30. The maximum absolute atomic E-state index is 12.1. The molecule has 2 aromatic heterocycles. The maximum Gasteiger partial charge on any atom is 0.270 e. The average molecular weight is 285 g/mol. The first-order chi connectivity index (χ1) is 9.94. The van der Waals surface area contributed by atoms with Crippen LogP contribution in [0.5, 0.6) is 0 Å². The quantitative estimate of drug-likeness (QED) is 0.898. The summed E-state index contributed by atoms with van der Waals surface area (Å²) in [6.07, 6.45) is 4.96. The fourth-order valence-electron chi connectivity index (χ4n) is 1.65. The Bertz CT molecular complexity index is 607. The molecule has 0 bridgehead atoms. The van der Waals surface area contributed by atoms with Crippen LogP contribution in [0.3, 0.4) is 0 Å². The van der Waals surface area contributed by atoms with E-state index in [1.54, 1.807) is 24.7 Å². The van der Waals surface area contributed by atoms with Gasteiger partial charge in [-0.3, -0.25) is 9.78 Å². The average Bonchev–Trinajstić information content (AvgIpc) is 2.44. The van der Waals surface area contributed by atoms with Gasteiger partial charge in [0.2, 0.25) is 5.95 Å². The smallest absolute Gasteiger partial charge is 0.270 e. The van der Waals surface area contributed by atoms with Crippen molar-refractivity contribution in [3.05, 3.63) is 48.0 Å². The molecule has 0 aromatic carbocycles. The van der Waals surface area contributed by atoms with Crippen molar-refractivity contribution >= 4 is 11.9 Å². The zero-order valence-electron chi connectivity index (χ0n) is 12.4. The molecular weight excluding hydrogens is 266 g/mol. The number of amides is 1. The number of anilines is 1. The van der Waals surface area contributed by atoms with Gasteiger partial charge >= 0.3 is 0 Å². The molecule has 0 saturated heterocycles. The fourth-order valence-corrected chi connectivity index (χ4v) is 1.65. The van der Waals surface area contributed by atoms with Gasteiger partial charge in [0.25, 0.3) is 5.91 Å². The highest BCUT2D eigenvalue weighted by molar-refractivity contribution is 5.92. The lowest BCUT2D eigenvalue weighted by Crippen LogP contribution is -2.29. The molecule has 0 aliphatic carbocycles. The number of hydrogen-bond acceptors (Lipinski definition) is 5. The van der Waals surface area contributed by atoms with Crippen LogP contribution in [0.25, 0.3) is 0 Å². The lowest BCUT2D eigenvalue weighted by molar-refractivity contribution is 0.0946. The third-order valence-electron chi connectivity index (χ3n) is 2.58. The van der Waals surface area contributed by atoms with Crippen molar-refractivity contribution in [2.24, 2.45) is 0 Å². The minimum Gasteiger partial charge on any atom is -0.350 e. The summed E-state index contributed by atoms with van der Waals surface area (Å²) in [4.78, 5) is 24.4. The van der Waals surface area contributed by atoms with Crippen molar-refractivity contribution in [1.82, 2.24) is 20.3 Å². The highest BCUT2D eigenvalue weighted by Crippen LogP contribution is 2.09. The number of carbonyl (C=O) groups is 1. The Balaban J connectivity index is 2.01. The van der Waals surface area contributed by atoms with Crippen molar-refractivity contribution in [2.75, 3.05) is 5.32 Å². The van der Waals surface area contributed by atoms with E-state index in [1.807, 2.05) is 32.9 Å². The number of nitrogens with one attached hydrogen (secondary N) is 2. The monoisotopic (exact) mass is 285 g/mol. The lowest BCUT2D eigenvalue weighted by atomic mass is 10.1. The van der Waals surface area contributed by atoms with Gasteiger partial charge in [0, 0.05) is 30.7 Å². The largest absolute Gasteiger partial charge is 0.350 e. The van der Waals surface area contributed by atoms with Crippen LogP contribution < -0.4 is 10.6 Å². The number of carbonyl (C=O) groups excluding carboxylic acids is 1. The van der Waals surface area contributed by atoms with Gasteiger partial charge in [-0.1, -0.05) is 0 Å². The second-order valence-corrected chi connectivity index (χ2v) is 5.68. The van der Waals surface area contributed by atoms with E-state index in [1.165, 1.54) is 0 Å². The summed E-state index contributed by atoms with van der Waals surface area (Å²) in [5.41, 5.74) is 1.16. The number of rotatable bonds is 4. The third-order valence-corrected chi connectivity index (χ3v) is 2.58. The van der Waals surface area contributed by atoms with Gasteiger partial charge in [-0.15, -0.1) is 0 Å². The van der Waals surface area contributed by atoms with Gasteiger partial charge < -0.3 is 10.6 Å². The zero-order valence-corrected chi connectivity index (χ0v) is 12.4. The number of aromatic nitrogens is 3. The molecule has 2 heterocycles. The van der Waals surface area contributed by atoms with E-state index in [4.69, 9.17) is 0 Å². The highest BCUT2D eigenvalue weighted by Gasteiger charge is 2.13. The summed E-state index contributed by atoms with van der Waals surface area (Å²) in [5, 5.41) is 5.96. The molecule has 0 aliphatic heterocycles. The minimum atomic E-state index is -0.230. The van der Waals surface area contributed by atoms with Gasteiger partial charge in [-0.05, 0) is 44.5 Å². The molecule has 21 heavy (non-hydrogen) atoms. The van der Waals surface area contributed by atoms with E-state index in [-0.39, 0.29) is 11.4 Å². The van der Waals surface area contributed by atoms with Crippen molar-refractivity contribution in [3.63, 3.8) is 0 Å². The Hall–Kier alpha value is -2.50. The Morgan fingerprint density at radius 3 is 2.52 bits per heavy atom. The molecule has 0 unspecified atom stereocenters. The van der Waals surface area contributed by atoms with Crippen LogP contribution in [0.2, 0.25) is 0 Å². The normalized spacial score (nSPS) is 11.0. The first-order valence-corrected chi connectivity index (χ1v) is 6.72. The SMILES string of the molecule is CC(C)(C)Nc1nccc(C(=O)NCc2ccncc2)n1. The predicted octanol–water partition coefficient (Wildman–Crippen LogP) is 2.01. The Morgan fingerprint density at radius 2 is 1.86 bits per heavy atom. The van der Waals surface area contributed by atoms with Gasteiger partial charge in [-0.25, -0.2) is 9.97 Å². The molecule has 2 rings (SSSR count). The molecule has 0 fully saturated rings. The Kier molecular flexibility index (Phi) is 4.47. The molecule has 2 N–H and O–H groups in total. The first-order valence-electron chi connectivity index (χ1n) is 6.72. The van der Waals surface area contributed by atoms with Crippen LogP contribution >= 0.6 is 0 Å². The van der Waals surface area contributed by atoms with E-state index < -0.39 is 0 Å². The van der Waals surface area contributed by atoms with E-state index >= 15 is 0 Å². The molecule has 0 atom stereocenters. The standard InChI is InChI=1S/C15H19N5O/c1-15(2,3)20-14-17-9-6-12(19-14)13(21)18-10-11-4-7-16-8-5-11/h4-9H,10H2,1-3H3,(H,18,21)(H,17,19,20). The van der Waals surface area contributed by atoms with E-state index in [2.05, 4.69) is 25.6 Å².